The van der Waals surface area contributed by atoms with Gasteiger partial charge in [0.2, 0.25) is 0 Å². The van der Waals surface area contributed by atoms with E-state index < -0.39 is 0 Å². The monoisotopic (exact) mass is 374 g/mol. The number of anilines is 5. The van der Waals surface area contributed by atoms with Gasteiger partial charge in [-0.2, -0.15) is 0 Å². The highest BCUT2D eigenvalue weighted by atomic mass is 15.5. The molecule has 3 aromatic rings. The number of hydrogen-bond donors (Lipinski definition) is 2. The van der Waals surface area contributed by atoms with Crippen molar-refractivity contribution >= 4 is 28.7 Å². The third kappa shape index (κ3) is 3.86. The Morgan fingerprint density at radius 1 is 1.00 bits per heavy atom. The summed E-state index contributed by atoms with van der Waals surface area (Å²) < 4.78 is 0. The molecule has 0 bridgehead atoms. The van der Waals surface area contributed by atoms with Crippen LogP contribution < -0.4 is 21.1 Å². The van der Waals surface area contributed by atoms with Gasteiger partial charge in [-0.25, -0.2) is 9.97 Å². The summed E-state index contributed by atoms with van der Waals surface area (Å²) in [5.74, 6) is 2.06. The molecular weight excluding hydrogens is 348 g/mol. The highest BCUT2D eigenvalue weighted by molar-refractivity contribution is 5.78. The summed E-state index contributed by atoms with van der Waals surface area (Å²) in [6, 6.07) is 20.2. The van der Waals surface area contributed by atoms with Crippen molar-refractivity contribution in [3.05, 3.63) is 67.0 Å². The first kappa shape index (κ1) is 18.1. The van der Waals surface area contributed by atoms with Crippen molar-refractivity contribution in [1.29, 1.82) is 0 Å². The van der Waals surface area contributed by atoms with Crippen molar-refractivity contribution in [2.75, 3.05) is 34.2 Å². The summed E-state index contributed by atoms with van der Waals surface area (Å²) >= 11 is 0. The van der Waals surface area contributed by atoms with E-state index in [-0.39, 0.29) is 0 Å². The van der Waals surface area contributed by atoms with Crippen LogP contribution in [0.1, 0.15) is 19.8 Å². The first-order valence-electron chi connectivity index (χ1n) is 9.74. The smallest absolute Gasteiger partial charge is 0.173 e. The maximum Gasteiger partial charge on any atom is 0.173 e. The molecule has 2 aromatic carbocycles. The van der Waals surface area contributed by atoms with E-state index >= 15 is 0 Å². The van der Waals surface area contributed by atoms with Gasteiger partial charge >= 0.3 is 0 Å². The van der Waals surface area contributed by atoms with Gasteiger partial charge in [0.05, 0.1) is 11.4 Å². The Kier molecular flexibility index (Phi) is 5.28. The molecule has 0 aliphatic carbocycles. The first-order valence-corrected chi connectivity index (χ1v) is 9.74. The zero-order chi connectivity index (χ0) is 19.3. The van der Waals surface area contributed by atoms with Crippen LogP contribution in [0.5, 0.6) is 0 Å². The Hall–Kier alpha value is -3.28. The van der Waals surface area contributed by atoms with E-state index in [0.717, 1.165) is 36.7 Å². The fraction of sp³-hybridized carbons (Fsp3) is 0.273. The van der Waals surface area contributed by atoms with Crippen LogP contribution >= 0.6 is 0 Å². The van der Waals surface area contributed by atoms with Crippen LogP contribution in [0.4, 0.5) is 28.7 Å². The number of nitrogen functional groups attached to an aromatic ring is 1. The number of nitrogens with one attached hydrogen (secondary N) is 1. The number of hydrazine groups is 1. The lowest BCUT2D eigenvalue weighted by Gasteiger charge is -2.33. The highest BCUT2D eigenvalue weighted by Crippen LogP contribution is 2.32. The average Bonchev–Trinajstić information content (AvgIpc) is 2.74. The predicted octanol–water partition coefficient (Wildman–Crippen LogP) is 4.46. The molecule has 1 atom stereocenters. The van der Waals surface area contributed by atoms with Crippen molar-refractivity contribution in [1.82, 2.24) is 9.97 Å². The Morgan fingerprint density at radius 3 is 2.25 bits per heavy atom. The van der Waals surface area contributed by atoms with Crippen LogP contribution in [0.2, 0.25) is 0 Å². The molecule has 3 N–H and O–H groups in total. The molecule has 6 nitrogen and oxygen atoms in total. The van der Waals surface area contributed by atoms with E-state index in [1.807, 2.05) is 65.7 Å². The molecule has 1 saturated heterocycles. The number of benzene rings is 2. The summed E-state index contributed by atoms with van der Waals surface area (Å²) in [4.78, 5) is 11.2. The van der Waals surface area contributed by atoms with Crippen LogP contribution in [0, 0.1) is 5.92 Å². The topological polar surface area (TPSA) is 70.3 Å². The molecule has 6 heteroatoms. The zero-order valence-corrected chi connectivity index (χ0v) is 16.1. The average molecular weight is 374 g/mol. The number of aromatic nitrogens is 2. The van der Waals surface area contributed by atoms with Crippen molar-refractivity contribution in [2.45, 2.75) is 19.8 Å². The second-order valence-corrected chi connectivity index (χ2v) is 7.27. The lowest BCUT2D eigenvalue weighted by Crippen LogP contribution is -2.35. The van der Waals surface area contributed by atoms with Gasteiger partial charge in [0.1, 0.15) is 12.0 Å². The minimum Gasteiger partial charge on any atom is -0.393 e. The molecular formula is C22H26N6. The van der Waals surface area contributed by atoms with Crippen LogP contribution in [0.15, 0.2) is 67.0 Å². The second-order valence-electron chi connectivity index (χ2n) is 7.27. The van der Waals surface area contributed by atoms with Crippen LogP contribution in [0.3, 0.4) is 0 Å². The number of hydrogen-bond acceptors (Lipinski definition) is 6. The SMILES string of the molecule is CC1CCCN(c2ncnc(NN(c3ccccc3)c3ccccc3)c2N)C1. The zero-order valence-electron chi connectivity index (χ0n) is 16.1. The number of para-hydroxylation sites is 2. The van der Waals surface area contributed by atoms with Crippen molar-refractivity contribution in [2.24, 2.45) is 5.92 Å². The minimum atomic E-state index is 0.577. The Labute approximate surface area is 166 Å². The van der Waals surface area contributed by atoms with E-state index in [0.29, 0.717) is 17.4 Å². The summed E-state index contributed by atoms with van der Waals surface area (Å²) in [5.41, 5.74) is 12.5. The van der Waals surface area contributed by atoms with Crippen LogP contribution in [0.25, 0.3) is 0 Å². The van der Waals surface area contributed by atoms with Crippen molar-refractivity contribution < 1.29 is 0 Å². The number of piperidine rings is 1. The van der Waals surface area contributed by atoms with Crippen LogP contribution in [-0.2, 0) is 0 Å². The summed E-state index contributed by atoms with van der Waals surface area (Å²) in [5, 5.41) is 1.99. The molecule has 0 spiro atoms. The molecule has 144 valence electrons. The fourth-order valence-corrected chi connectivity index (χ4v) is 3.65. The van der Waals surface area contributed by atoms with Gasteiger partial charge in [-0.05, 0) is 43.0 Å². The van der Waals surface area contributed by atoms with Crippen LogP contribution in [-0.4, -0.2) is 23.1 Å². The molecule has 1 aliphatic rings. The summed E-state index contributed by atoms with van der Waals surface area (Å²) in [6.07, 6.45) is 4.00. The number of nitrogens with zero attached hydrogens (tertiary/aromatic N) is 4. The third-order valence-electron chi connectivity index (χ3n) is 5.07. The largest absolute Gasteiger partial charge is 0.393 e. The Morgan fingerprint density at radius 2 is 1.64 bits per heavy atom. The summed E-state index contributed by atoms with van der Waals surface area (Å²) in [6.45, 7) is 4.23. The van der Waals surface area contributed by atoms with Crippen molar-refractivity contribution in [3.63, 3.8) is 0 Å². The van der Waals surface area contributed by atoms with Gasteiger partial charge in [-0.3, -0.25) is 10.4 Å². The molecule has 1 fully saturated rings. The molecule has 28 heavy (non-hydrogen) atoms. The maximum atomic E-state index is 6.51. The van der Waals surface area contributed by atoms with E-state index in [1.54, 1.807) is 6.33 Å². The molecule has 0 amide bonds. The van der Waals surface area contributed by atoms with Gasteiger partial charge in [-0.15, -0.1) is 0 Å². The summed E-state index contributed by atoms with van der Waals surface area (Å²) in [7, 11) is 0. The van der Waals surface area contributed by atoms with Gasteiger partial charge in [0, 0.05) is 13.1 Å². The Balaban J connectivity index is 1.67. The van der Waals surface area contributed by atoms with E-state index in [2.05, 4.69) is 27.2 Å². The molecule has 0 radical (unpaired) electrons. The standard InChI is InChI=1S/C22H26N6/c1-17-9-8-14-27(15-17)22-20(23)21(24-16-25-22)26-28(18-10-4-2-5-11-18)19-12-6-3-7-13-19/h2-7,10-13,16-17H,8-9,14-15,23H2,1H3,(H,24,25,26). The first-order chi connectivity index (χ1) is 13.7. The van der Waals surface area contributed by atoms with Gasteiger partial charge in [0.15, 0.2) is 11.6 Å². The van der Waals surface area contributed by atoms with Gasteiger partial charge in [-0.1, -0.05) is 43.3 Å². The van der Waals surface area contributed by atoms with E-state index in [9.17, 15) is 0 Å². The molecule has 2 heterocycles. The second kappa shape index (κ2) is 8.17. The van der Waals surface area contributed by atoms with E-state index in [4.69, 9.17) is 5.73 Å². The molecule has 1 aliphatic heterocycles. The number of rotatable bonds is 5. The molecule has 1 aromatic heterocycles. The predicted molar refractivity (Wildman–Crippen MR) is 116 cm³/mol. The molecule has 1 unspecified atom stereocenters. The molecule has 0 saturated carbocycles. The number of nitrogens with two attached hydrogens (primary N) is 1. The molecule has 4 rings (SSSR count). The van der Waals surface area contributed by atoms with Gasteiger partial charge in [0.25, 0.3) is 0 Å². The van der Waals surface area contributed by atoms with Gasteiger partial charge < -0.3 is 10.6 Å². The lowest BCUT2D eigenvalue weighted by molar-refractivity contribution is 0.445. The normalized spacial score (nSPS) is 16.6. The third-order valence-corrected chi connectivity index (χ3v) is 5.07. The quantitative estimate of drug-likeness (QED) is 0.643. The minimum absolute atomic E-state index is 0.577. The maximum absolute atomic E-state index is 6.51. The van der Waals surface area contributed by atoms with E-state index in [1.165, 1.54) is 6.42 Å². The Bertz CT molecular complexity index is 860. The highest BCUT2D eigenvalue weighted by Gasteiger charge is 2.22. The van der Waals surface area contributed by atoms with Crippen molar-refractivity contribution in [3.8, 4) is 0 Å². The fourth-order valence-electron chi connectivity index (χ4n) is 3.65. The lowest BCUT2D eigenvalue weighted by atomic mass is 10.0.